The van der Waals surface area contributed by atoms with Gasteiger partial charge in [0, 0.05) is 19.3 Å². The van der Waals surface area contributed by atoms with Gasteiger partial charge in [-0.3, -0.25) is 9.59 Å². The first-order chi connectivity index (χ1) is 7.74. The average Bonchev–Trinajstić information content (AvgIpc) is 2.34. The van der Waals surface area contributed by atoms with Gasteiger partial charge in [-0.25, -0.2) is 0 Å². The van der Waals surface area contributed by atoms with E-state index in [1.165, 1.54) is 6.20 Å². The Morgan fingerprint density at radius 1 is 1.31 bits per heavy atom. The molecule has 0 unspecified atom stereocenters. The second-order valence-electron chi connectivity index (χ2n) is 2.94. The Bertz CT molecular complexity index is 354. The average molecular weight is 223 g/mol. The Morgan fingerprint density at radius 3 is 2.69 bits per heavy atom. The molecule has 1 aromatic heterocycles. The van der Waals surface area contributed by atoms with Crippen molar-refractivity contribution in [2.75, 3.05) is 13.1 Å². The van der Waals surface area contributed by atoms with Gasteiger partial charge in [-0.1, -0.05) is 0 Å². The summed E-state index contributed by atoms with van der Waals surface area (Å²) in [7, 11) is 0. The number of amides is 2. The van der Waals surface area contributed by atoms with Gasteiger partial charge in [0.25, 0.3) is 0 Å². The molecule has 4 N–H and O–H groups in total. The van der Waals surface area contributed by atoms with Crippen LogP contribution >= 0.6 is 0 Å². The molecule has 16 heavy (non-hydrogen) atoms. The fourth-order valence-corrected chi connectivity index (χ4v) is 0.945. The molecule has 0 atom stereocenters. The fourth-order valence-electron chi connectivity index (χ4n) is 0.945. The number of hydrogen-bond acceptors (Lipinski definition) is 5. The summed E-state index contributed by atoms with van der Waals surface area (Å²) in [4.78, 5) is 22.3. The molecular weight excluding hydrogens is 210 g/mol. The zero-order valence-electron chi connectivity index (χ0n) is 8.64. The van der Waals surface area contributed by atoms with E-state index < -0.39 is 11.8 Å². The standard InChI is InChI=1S/C9H13N5O2/c10-3-5-11-8(15)9(16)12-6-7-2-1-4-13-14-7/h1-2,4H,3,5-6,10H2,(H,11,15)(H,12,16). The maximum Gasteiger partial charge on any atom is 0.309 e. The van der Waals surface area contributed by atoms with Crippen LogP contribution in [0.2, 0.25) is 0 Å². The summed E-state index contributed by atoms with van der Waals surface area (Å²) in [5, 5.41) is 12.2. The van der Waals surface area contributed by atoms with Crippen LogP contribution in [0.5, 0.6) is 0 Å². The molecule has 0 spiro atoms. The molecule has 1 heterocycles. The first-order valence-electron chi connectivity index (χ1n) is 4.76. The summed E-state index contributed by atoms with van der Waals surface area (Å²) in [6, 6.07) is 3.40. The van der Waals surface area contributed by atoms with Gasteiger partial charge in [-0.15, -0.1) is 0 Å². The molecule has 0 aromatic carbocycles. The summed E-state index contributed by atoms with van der Waals surface area (Å²) in [6.07, 6.45) is 1.53. The third kappa shape index (κ3) is 4.01. The predicted molar refractivity (Wildman–Crippen MR) is 55.9 cm³/mol. The zero-order chi connectivity index (χ0) is 11.8. The maximum atomic E-state index is 11.2. The molecule has 0 radical (unpaired) electrons. The lowest BCUT2D eigenvalue weighted by atomic mass is 10.4. The van der Waals surface area contributed by atoms with Crippen LogP contribution in [0.4, 0.5) is 0 Å². The van der Waals surface area contributed by atoms with Crippen molar-refractivity contribution in [3.05, 3.63) is 24.0 Å². The Balaban J connectivity index is 2.32. The van der Waals surface area contributed by atoms with Crippen molar-refractivity contribution in [2.45, 2.75) is 6.54 Å². The van der Waals surface area contributed by atoms with E-state index in [1.54, 1.807) is 12.1 Å². The van der Waals surface area contributed by atoms with Crippen molar-refractivity contribution < 1.29 is 9.59 Å². The van der Waals surface area contributed by atoms with Gasteiger partial charge >= 0.3 is 11.8 Å². The molecule has 2 amide bonds. The highest BCUT2D eigenvalue weighted by Gasteiger charge is 2.11. The first-order valence-corrected chi connectivity index (χ1v) is 4.76. The minimum atomic E-state index is -0.709. The minimum absolute atomic E-state index is 0.169. The number of nitrogens with zero attached hydrogens (tertiary/aromatic N) is 2. The normalized spacial score (nSPS) is 9.56. The highest BCUT2D eigenvalue weighted by molar-refractivity contribution is 6.35. The van der Waals surface area contributed by atoms with E-state index in [9.17, 15) is 9.59 Å². The van der Waals surface area contributed by atoms with Gasteiger partial charge in [-0.2, -0.15) is 10.2 Å². The van der Waals surface area contributed by atoms with Crippen molar-refractivity contribution in [3.63, 3.8) is 0 Å². The molecular formula is C9H13N5O2. The lowest BCUT2D eigenvalue weighted by Crippen LogP contribution is -2.41. The summed E-state index contributed by atoms with van der Waals surface area (Å²) < 4.78 is 0. The first kappa shape index (κ1) is 12.1. The van der Waals surface area contributed by atoms with Crippen molar-refractivity contribution in [3.8, 4) is 0 Å². The number of nitrogens with two attached hydrogens (primary N) is 1. The van der Waals surface area contributed by atoms with Crippen LogP contribution in [0.25, 0.3) is 0 Å². The largest absolute Gasteiger partial charge is 0.347 e. The highest BCUT2D eigenvalue weighted by Crippen LogP contribution is 1.89. The second kappa shape index (κ2) is 6.46. The third-order valence-electron chi connectivity index (χ3n) is 1.69. The van der Waals surface area contributed by atoms with Gasteiger partial charge in [0.2, 0.25) is 0 Å². The van der Waals surface area contributed by atoms with E-state index in [2.05, 4.69) is 20.8 Å². The quantitative estimate of drug-likeness (QED) is 0.520. The Morgan fingerprint density at radius 2 is 2.06 bits per heavy atom. The predicted octanol–water partition coefficient (Wildman–Crippen LogP) is -1.83. The minimum Gasteiger partial charge on any atom is -0.347 e. The molecule has 0 aliphatic rings. The number of aromatic nitrogens is 2. The van der Waals surface area contributed by atoms with Crippen LogP contribution in [-0.4, -0.2) is 35.1 Å². The molecule has 7 heteroatoms. The van der Waals surface area contributed by atoms with E-state index in [0.717, 1.165) is 0 Å². The molecule has 0 fully saturated rings. The maximum absolute atomic E-state index is 11.2. The number of carbonyl (C=O) groups is 2. The second-order valence-corrected chi connectivity index (χ2v) is 2.94. The van der Waals surface area contributed by atoms with Gasteiger partial charge in [0.1, 0.15) is 0 Å². The fraction of sp³-hybridized carbons (Fsp3) is 0.333. The van der Waals surface area contributed by atoms with Gasteiger partial charge in [-0.05, 0) is 12.1 Å². The van der Waals surface area contributed by atoms with Crippen molar-refractivity contribution in [1.29, 1.82) is 0 Å². The monoisotopic (exact) mass is 223 g/mol. The smallest absolute Gasteiger partial charge is 0.309 e. The summed E-state index contributed by atoms with van der Waals surface area (Å²) in [5.74, 6) is -1.41. The molecule has 1 rings (SSSR count). The van der Waals surface area contributed by atoms with E-state index in [-0.39, 0.29) is 13.1 Å². The molecule has 86 valence electrons. The third-order valence-corrected chi connectivity index (χ3v) is 1.69. The van der Waals surface area contributed by atoms with E-state index in [0.29, 0.717) is 12.2 Å². The Hall–Kier alpha value is -2.02. The number of nitrogens with one attached hydrogen (secondary N) is 2. The molecule has 0 saturated heterocycles. The van der Waals surface area contributed by atoms with Crippen LogP contribution in [0.1, 0.15) is 5.69 Å². The summed E-state index contributed by atoms with van der Waals surface area (Å²) >= 11 is 0. The molecule has 7 nitrogen and oxygen atoms in total. The molecule has 0 aliphatic heterocycles. The molecule has 0 saturated carbocycles. The number of carbonyl (C=O) groups excluding carboxylic acids is 2. The van der Waals surface area contributed by atoms with Crippen LogP contribution in [0.3, 0.4) is 0 Å². The number of hydrogen-bond donors (Lipinski definition) is 3. The molecule has 0 bridgehead atoms. The van der Waals surface area contributed by atoms with Crippen molar-refractivity contribution in [1.82, 2.24) is 20.8 Å². The zero-order valence-corrected chi connectivity index (χ0v) is 8.64. The number of rotatable bonds is 4. The Labute approximate surface area is 92.4 Å². The van der Waals surface area contributed by atoms with E-state index in [4.69, 9.17) is 5.73 Å². The van der Waals surface area contributed by atoms with E-state index in [1.807, 2.05) is 0 Å². The topological polar surface area (TPSA) is 110 Å². The van der Waals surface area contributed by atoms with Gasteiger partial charge in [0.05, 0.1) is 12.2 Å². The van der Waals surface area contributed by atoms with Crippen molar-refractivity contribution >= 4 is 11.8 Å². The van der Waals surface area contributed by atoms with Crippen LogP contribution in [0.15, 0.2) is 18.3 Å². The highest BCUT2D eigenvalue weighted by atomic mass is 16.2. The molecule has 1 aromatic rings. The Kier molecular flexibility index (Phi) is 4.87. The molecule has 0 aliphatic carbocycles. The van der Waals surface area contributed by atoms with Crippen LogP contribution < -0.4 is 16.4 Å². The van der Waals surface area contributed by atoms with Gasteiger partial charge in [0.15, 0.2) is 0 Å². The lowest BCUT2D eigenvalue weighted by molar-refractivity contribution is -0.139. The van der Waals surface area contributed by atoms with Crippen LogP contribution in [0, 0.1) is 0 Å². The SMILES string of the molecule is NCCNC(=O)C(=O)NCc1cccnn1. The summed E-state index contributed by atoms with van der Waals surface area (Å²) in [5.41, 5.74) is 5.76. The summed E-state index contributed by atoms with van der Waals surface area (Å²) in [6.45, 7) is 0.739. The van der Waals surface area contributed by atoms with Gasteiger partial charge < -0.3 is 16.4 Å². The van der Waals surface area contributed by atoms with E-state index >= 15 is 0 Å². The van der Waals surface area contributed by atoms with Crippen molar-refractivity contribution in [2.24, 2.45) is 5.73 Å². The van der Waals surface area contributed by atoms with Crippen LogP contribution in [-0.2, 0) is 16.1 Å². The lowest BCUT2D eigenvalue weighted by Gasteiger charge is -2.04.